The number of hydrogen-bond acceptors (Lipinski definition) is 8. The molecule has 7 rings (SSSR count). The van der Waals surface area contributed by atoms with Crippen molar-refractivity contribution in [2.75, 3.05) is 18.0 Å². The van der Waals surface area contributed by atoms with Gasteiger partial charge in [-0.2, -0.15) is 4.98 Å². The van der Waals surface area contributed by atoms with Crippen LogP contribution in [-0.2, 0) is 15.8 Å². The van der Waals surface area contributed by atoms with Crippen LogP contribution in [0.4, 0.5) is 10.6 Å². The number of carbonyl (C=O) groups is 1. The smallest absolute Gasteiger partial charge is 0.410 e. The van der Waals surface area contributed by atoms with Crippen molar-refractivity contribution in [3.63, 3.8) is 0 Å². The molecule has 0 unspecified atom stereocenters. The van der Waals surface area contributed by atoms with Crippen LogP contribution in [0.15, 0.2) is 108 Å². The summed E-state index contributed by atoms with van der Waals surface area (Å²) in [6.07, 6.45) is 1.43. The highest BCUT2D eigenvalue weighted by Gasteiger charge is 2.50. The first-order chi connectivity index (χ1) is 30.2. The molecule has 0 N–H and O–H groups in total. The van der Waals surface area contributed by atoms with E-state index in [-0.39, 0.29) is 41.7 Å². The number of carbonyl (C=O) groups excluding carboxylic acids is 1. The molecule has 1 aliphatic heterocycles. The van der Waals surface area contributed by atoms with Crippen LogP contribution in [0.3, 0.4) is 0 Å². The highest BCUT2D eigenvalue weighted by molar-refractivity contribution is 6.99. The molecular weight excluding hydrogens is 836 g/mol. The second-order valence-corrected chi connectivity index (χ2v) is 24.5. The molecule has 2 atom stereocenters. The number of halogens is 1. The van der Waals surface area contributed by atoms with Crippen molar-refractivity contribution < 1.29 is 14.0 Å². The molecule has 3 aromatic heterocycles. The van der Waals surface area contributed by atoms with E-state index >= 15 is 4.79 Å². The van der Waals surface area contributed by atoms with Crippen molar-refractivity contribution in [2.24, 2.45) is 0 Å². The van der Waals surface area contributed by atoms with E-state index in [2.05, 4.69) is 108 Å². The van der Waals surface area contributed by atoms with Gasteiger partial charge < -0.3 is 19.0 Å². The van der Waals surface area contributed by atoms with Crippen molar-refractivity contribution in [1.29, 1.82) is 0 Å². The number of hydrogen-bond donors (Lipinski definition) is 0. The summed E-state index contributed by atoms with van der Waals surface area (Å²) in [6.45, 7) is 25.8. The van der Waals surface area contributed by atoms with Crippen LogP contribution in [0.1, 0.15) is 112 Å². The Kier molecular flexibility index (Phi) is 13.3. The summed E-state index contributed by atoms with van der Waals surface area (Å²) < 4.78 is 15.0. The predicted octanol–water partition coefficient (Wildman–Crippen LogP) is 10.7. The number of piperazine rings is 1. The molecular formula is C52H63ClN6O4Si. The number of pyridine rings is 2. The Morgan fingerprint density at radius 2 is 1.42 bits per heavy atom. The number of benzene rings is 3. The maximum absolute atomic E-state index is 15.3. The lowest BCUT2D eigenvalue weighted by molar-refractivity contribution is 0.0130. The zero-order chi connectivity index (χ0) is 46.3. The van der Waals surface area contributed by atoms with Crippen LogP contribution in [0, 0.1) is 0 Å². The van der Waals surface area contributed by atoms with E-state index in [1.807, 2.05) is 77.1 Å². The van der Waals surface area contributed by atoms with Gasteiger partial charge in [-0.1, -0.05) is 145 Å². The zero-order valence-corrected chi connectivity index (χ0v) is 41.2. The molecule has 336 valence electrons. The quantitative estimate of drug-likeness (QED) is 0.125. The normalized spacial score (nSPS) is 16.2. The van der Waals surface area contributed by atoms with Crippen LogP contribution >= 0.6 is 11.6 Å². The minimum absolute atomic E-state index is 0.0836. The van der Waals surface area contributed by atoms with Crippen LogP contribution in [0.5, 0.6) is 0 Å². The summed E-state index contributed by atoms with van der Waals surface area (Å²) in [5.74, 6) is 0.553. The van der Waals surface area contributed by atoms with Crippen molar-refractivity contribution in [1.82, 2.24) is 24.4 Å². The van der Waals surface area contributed by atoms with Gasteiger partial charge in [-0.05, 0) is 79.6 Å². The minimum Gasteiger partial charge on any atom is -0.444 e. The van der Waals surface area contributed by atoms with E-state index in [1.54, 1.807) is 15.7 Å². The van der Waals surface area contributed by atoms with E-state index in [0.717, 1.165) is 32.8 Å². The minimum atomic E-state index is -3.02. The van der Waals surface area contributed by atoms with Gasteiger partial charge in [0, 0.05) is 42.5 Å². The van der Waals surface area contributed by atoms with Crippen molar-refractivity contribution in [3.05, 3.63) is 136 Å². The lowest BCUT2D eigenvalue weighted by Gasteiger charge is -2.45. The molecule has 1 saturated heterocycles. The van der Waals surface area contributed by atoms with Gasteiger partial charge in [0.2, 0.25) is 0 Å². The number of anilines is 1. The van der Waals surface area contributed by atoms with E-state index in [1.165, 1.54) is 0 Å². The van der Waals surface area contributed by atoms with Gasteiger partial charge in [-0.15, -0.1) is 0 Å². The largest absolute Gasteiger partial charge is 0.444 e. The lowest BCUT2D eigenvalue weighted by atomic mass is 9.95. The molecule has 0 spiro atoms. The zero-order valence-electron chi connectivity index (χ0n) is 39.4. The van der Waals surface area contributed by atoms with Crippen molar-refractivity contribution >= 4 is 53.2 Å². The number of nitrogens with zero attached hydrogens (tertiary/aromatic N) is 6. The number of rotatable bonds is 10. The SMILES string of the molecule is CC(C)c1ccccc1-c1nc2c(cc1Cl)c(N1C[C@@H](C)N(C(=O)OC(C)(C)C)C[C@@H]1C)nc(=O)n2-c1c(CO[Si](c2ccccc2)(c2ccccc2)C(C)(C)C)ccnc1C(C)C. The van der Waals surface area contributed by atoms with Crippen LogP contribution < -0.4 is 21.0 Å². The third-order valence-electron chi connectivity index (χ3n) is 12.2. The third kappa shape index (κ3) is 8.99. The predicted molar refractivity (Wildman–Crippen MR) is 263 cm³/mol. The Morgan fingerprint density at radius 1 is 0.812 bits per heavy atom. The van der Waals surface area contributed by atoms with Gasteiger partial charge in [0.25, 0.3) is 8.32 Å². The fourth-order valence-corrected chi connectivity index (χ4v) is 14.0. The molecule has 4 heterocycles. The topological polar surface area (TPSA) is 103 Å². The Bertz CT molecular complexity index is 2650. The first-order valence-corrected chi connectivity index (χ1v) is 24.7. The van der Waals surface area contributed by atoms with Crippen LogP contribution in [0.25, 0.3) is 28.0 Å². The second-order valence-electron chi connectivity index (χ2n) is 19.8. The summed E-state index contributed by atoms with van der Waals surface area (Å²) in [5, 5.41) is 3.07. The van der Waals surface area contributed by atoms with Gasteiger partial charge in [0.15, 0.2) is 5.65 Å². The lowest BCUT2D eigenvalue weighted by Crippen LogP contribution is -2.66. The summed E-state index contributed by atoms with van der Waals surface area (Å²) in [5.41, 5.74) is 3.91. The van der Waals surface area contributed by atoms with Crippen LogP contribution in [0.2, 0.25) is 10.1 Å². The van der Waals surface area contributed by atoms with E-state index in [4.69, 9.17) is 35.7 Å². The Morgan fingerprint density at radius 3 is 2.00 bits per heavy atom. The summed E-state index contributed by atoms with van der Waals surface area (Å²) in [6, 6.07) is 32.6. The molecule has 3 aromatic carbocycles. The molecule has 0 aliphatic carbocycles. The summed E-state index contributed by atoms with van der Waals surface area (Å²) in [7, 11) is -3.02. The number of fused-ring (bicyclic) bond motifs is 1. The van der Waals surface area contributed by atoms with Gasteiger partial charge in [0.1, 0.15) is 11.4 Å². The first kappa shape index (κ1) is 46.6. The second kappa shape index (κ2) is 18.3. The van der Waals surface area contributed by atoms with Gasteiger partial charge in [0.05, 0.1) is 34.1 Å². The number of amides is 1. The molecule has 1 aliphatic rings. The van der Waals surface area contributed by atoms with Crippen LogP contribution in [-0.4, -0.2) is 69.6 Å². The fourth-order valence-electron chi connectivity index (χ4n) is 9.18. The van der Waals surface area contributed by atoms with Crippen molar-refractivity contribution in [3.8, 4) is 16.9 Å². The molecule has 64 heavy (non-hydrogen) atoms. The molecule has 0 saturated carbocycles. The molecule has 0 radical (unpaired) electrons. The Balaban J connectivity index is 1.47. The Hall–Kier alpha value is -5.36. The van der Waals surface area contributed by atoms with E-state index in [0.29, 0.717) is 46.3 Å². The molecule has 1 amide bonds. The maximum Gasteiger partial charge on any atom is 0.410 e. The molecule has 1 fully saturated rings. The average Bonchev–Trinajstić information content (AvgIpc) is 3.24. The molecule has 12 heteroatoms. The van der Waals surface area contributed by atoms with E-state index < -0.39 is 19.6 Å². The van der Waals surface area contributed by atoms with Gasteiger partial charge >= 0.3 is 11.8 Å². The van der Waals surface area contributed by atoms with E-state index in [9.17, 15) is 4.79 Å². The fraction of sp³-hybridized carbons (Fsp3) is 0.404. The van der Waals surface area contributed by atoms with Gasteiger partial charge in [-0.25, -0.2) is 19.1 Å². The highest BCUT2D eigenvalue weighted by atomic mass is 35.5. The maximum atomic E-state index is 15.3. The molecule has 0 bridgehead atoms. The highest BCUT2D eigenvalue weighted by Crippen LogP contribution is 2.40. The number of aromatic nitrogens is 4. The third-order valence-corrected chi connectivity index (χ3v) is 17.5. The molecule has 6 aromatic rings. The first-order valence-electron chi connectivity index (χ1n) is 22.5. The summed E-state index contributed by atoms with van der Waals surface area (Å²) >= 11 is 7.33. The van der Waals surface area contributed by atoms with Gasteiger partial charge in [-0.3, -0.25) is 4.98 Å². The monoisotopic (exact) mass is 898 g/mol. The average molecular weight is 900 g/mol. The standard InChI is InChI=1S/C52H63ClN6O4Si/c1-33(2)40-25-19-20-26-41(40)45-43(53)29-42-47(57-30-36(6)58(31-35(57)5)50(61)63-51(7,8)9)56-49(60)59(48(42)55-45)46-37(27-28-54-44(46)34(3)4)32-62-64(52(10,11)12,38-21-15-13-16-22-38)39-23-17-14-18-24-39/h13-29,33-36H,30-32H2,1-12H3/t35-,36+/m0/s1. The van der Waals surface area contributed by atoms with Crippen molar-refractivity contribution in [2.45, 2.75) is 124 Å². The number of ether oxygens (including phenoxy) is 1. The molecule has 10 nitrogen and oxygen atoms in total. The Labute approximate surface area is 384 Å². The summed E-state index contributed by atoms with van der Waals surface area (Å²) in [4.78, 5) is 47.8.